The second-order valence-electron chi connectivity index (χ2n) is 14.3. The summed E-state index contributed by atoms with van der Waals surface area (Å²) in [5.74, 6) is -1.27. The average molecular weight is 728 g/mol. The molecule has 1 atom stereocenters. The summed E-state index contributed by atoms with van der Waals surface area (Å²) < 4.78 is 28.2. The zero-order chi connectivity index (χ0) is 38.3. The molecule has 9 heteroatoms. The quantitative estimate of drug-likeness (QED) is 0.0301. The summed E-state index contributed by atoms with van der Waals surface area (Å²) in [7, 11) is 1.99. The third-order valence-electron chi connectivity index (χ3n) is 8.82. The highest BCUT2D eigenvalue weighted by molar-refractivity contribution is 5.77. The van der Waals surface area contributed by atoms with Crippen LogP contribution in [0.25, 0.3) is 0 Å². The topological polar surface area (TPSA) is 101 Å². The minimum absolute atomic E-state index is 0.0323. The molecule has 0 saturated carbocycles. The highest BCUT2D eigenvalue weighted by Crippen LogP contribution is 2.30. The van der Waals surface area contributed by atoms with E-state index in [2.05, 4.69) is 18.1 Å². The summed E-state index contributed by atoms with van der Waals surface area (Å²) in [6.45, 7) is 17.6. The van der Waals surface area contributed by atoms with Crippen molar-refractivity contribution in [2.24, 2.45) is 11.3 Å². The molecule has 52 heavy (non-hydrogen) atoms. The third kappa shape index (κ3) is 24.8. The highest BCUT2D eigenvalue weighted by Gasteiger charge is 2.40. The summed E-state index contributed by atoms with van der Waals surface area (Å²) in [5, 5.41) is 0. The molecule has 1 rings (SSSR count). The smallest absolute Gasteiger partial charge is 0.313 e. The van der Waals surface area contributed by atoms with Crippen LogP contribution in [0, 0.1) is 11.3 Å². The van der Waals surface area contributed by atoms with E-state index in [9.17, 15) is 14.4 Å². The maximum Gasteiger partial charge on any atom is 0.313 e. The molecule has 9 nitrogen and oxygen atoms in total. The summed E-state index contributed by atoms with van der Waals surface area (Å²) in [6, 6.07) is 0. The Morgan fingerprint density at radius 2 is 1.12 bits per heavy atom. The van der Waals surface area contributed by atoms with Gasteiger partial charge < -0.3 is 28.6 Å². The van der Waals surface area contributed by atoms with Gasteiger partial charge in [0.1, 0.15) is 19.8 Å². The maximum absolute atomic E-state index is 12.9. The molecular weight excluding hydrogens is 658 g/mol. The van der Waals surface area contributed by atoms with Crippen molar-refractivity contribution in [1.29, 1.82) is 0 Å². The van der Waals surface area contributed by atoms with Crippen molar-refractivity contribution >= 4 is 17.9 Å². The summed E-state index contributed by atoms with van der Waals surface area (Å²) in [6.07, 6.45) is 26.1. The summed E-state index contributed by atoms with van der Waals surface area (Å²) >= 11 is 0. The van der Waals surface area contributed by atoms with E-state index >= 15 is 0 Å². The molecule has 0 aliphatic carbocycles. The Morgan fingerprint density at radius 1 is 0.673 bits per heavy atom. The fourth-order valence-corrected chi connectivity index (χ4v) is 5.60. The van der Waals surface area contributed by atoms with E-state index < -0.39 is 11.3 Å². The number of allylic oxidation sites excluding steroid dienone is 8. The van der Waals surface area contributed by atoms with Crippen LogP contribution in [-0.2, 0) is 38.1 Å². The van der Waals surface area contributed by atoms with Gasteiger partial charge in [-0.1, -0.05) is 100 Å². The van der Waals surface area contributed by atoms with Gasteiger partial charge >= 0.3 is 17.9 Å². The molecule has 0 bridgehead atoms. The average Bonchev–Trinajstić information content (AvgIpc) is 3.48. The van der Waals surface area contributed by atoms with Gasteiger partial charge in [-0.2, -0.15) is 0 Å². The second-order valence-corrected chi connectivity index (χ2v) is 14.3. The van der Waals surface area contributed by atoms with Gasteiger partial charge in [-0.3, -0.25) is 14.4 Å². The Bertz CT molecular complexity index is 1090. The van der Waals surface area contributed by atoms with E-state index in [0.29, 0.717) is 32.6 Å². The fraction of sp³-hybridized carbons (Fsp3) is 0.651. The lowest BCUT2D eigenvalue weighted by atomic mass is 9.90. The lowest BCUT2D eigenvalue weighted by Gasteiger charge is -2.24. The van der Waals surface area contributed by atoms with E-state index in [4.69, 9.17) is 23.7 Å². The molecule has 1 unspecified atom stereocenters. The normalized spacial score (nSPS) is 17.5. The Labute approximate surface area is 315 Å². The van der Waals surface area contributed by atoms with E-state index in [1.54, 1.807) is 12.2 Å². The Kier molecular flexibility index (Phi) is 27.2. The number of hydrogen-bond donors (Lipinski definition) is 0. The minimum atomic E-state index is -0.567. The van der Waals surface area contributed by atoms with Crippen molar-refractivity contribution in [3.05, 3.63) is 72.9 Å². The molecule has 0 amide bonds. The molecule has 1 saturated heterocycles. The Balaban J connectivity index is 2.33. The highest BCUT2D eigenvalue weighted by atomic mass is 16.6. The number of hydrogen-bond acceptors (Lipinski definition) is 9. The van der Waals surface area contributed by atoms with Crippen LogP contribution >= 0.6 is 0 Å². The van der Waals surface area contributed by atoms with Crippen molar-refractivity contribution in [3.63, 3.8) is 0 Å². The fourth-order valence-electron chi connectivity index (χ4n) is 5.60. The van der Waals surface area contributed by atoms with Crippen molar-refractivity contribution in [2.45, 2.75) is 104 Å². The Hall–Kier alpha value is -3.27. The predicted octanol–water partition coefficient (Wildman–Crippen LogP) is 8.67. The van der Waals surface area contributed by atoms with Gasteiger partial charge in [0.05, 0.1) is 24.5 Å². The molecule has 0 aromatic carbocycles. The van der Waals surface area contributed by atoms with E-state index in [1.807, 2.05) is 64.3 Å². The molecule has 0 radical (unpaired) electrons. The number of esters is 3. The van der Waals surface area contributed by atoms with Crippen LogP contribution in [0.3, 0.4) is 0 Å². The number of carbonyl (C=O) groups excluding carboxylic acids is 3. The summed E-state index contributed by atoms with van der Waals surface area (Å²) in [5.41, 5.74) is 1.76. The van der Waals surface area contributed by atoms with Gasteiger partial charge in [0, 0.05) is 32.6 Å². The number of unbranched alkanes of at least 4 members (excludes halogenated alkanes) is 8. The monoisotopic (exact) mass is 728 g/mol. The first kappa shape index (κ1) is 46.8. The zero-order valence-electron chi connectivity index (χ0n) is 32.9. The van der Waals surface area contributed by atoms with Gasteiger partial charge in [0.25, 0.3) is 0 Å². The molecule has 0 aromatic heterocycles. The number of carbonyl (C=O) groups is 3. The largest absolute Gasteiger partial charge is 0.465 e. The van der Waals surface area contributed by atoms with Crippen LogP contribution < -0.4 is 0 Å². The molecular formula is C43H69NO8. The van der Waals surface area contributed by atoms with Crippen LogP contribution in [0.4, 0.5) is 0 Å². The maximum atomic E-state index is 12.9. The van der Waals surface area contributed by atoms with Crippen LogP contribution in [-0.4, -0.2) is 89.2 Å². The molecule has 294 valence electrons. The predicted molar refractivity (Wildman–Crippen MR) is 210 cm³/mol. The van der Waals surface area contributed by atoms with E-state index in [0.717, 1.165) is 90.4 Å². The number of ether oxygens (including phenoxy) is 5. The van der Waals surface area contributed by atoms with Crippen LogP contribution in [0.1, 0.15) is 104 Å². The van der Waals surface area contributed by atoms with Crippen LogP contribution in [0.5, 0.6) is 0 Å². The van der Waals surface area contributed by atoms with Gasteiger partial charge in [-0.15, -0.1) is 0 Å². The van der Waals surface area contributed by atoms with E-state index in [1.165, 1.54) is 11.1 Å². The van der Waals surface area contributed by atoms with Crippen molar-refractivity contribution in [3.8, 4) is 0 Å². The lowest BCUT2D eigenvalue weighted by molar-refractivity contribution is -0.159. The molecule has 0 spiro atoms. The molecule has 1 heterocycles. The van der Waals surface area contributed by atoms with Gasteiger partial charge in [0.2, 0.25) is 0 Å². The number of rotatable bonds is 31. The Morgan fingerprint density at radius 3 is 1.56 bits per heavy atom. The number of likely N-dealkylation sites (tertiary alicyclic amines) is 1. The van der Waals surface area contributed by atoms with Gasteiger partial charge in [-0.05, 0) is 77.6 Å². The first-order valence-corrected chi connectivity index (χ1v) is 19.3. The van der Waals surface area contributed by atoms with E-state index in [-0.39, 0.29) is 37.7 Å². The van der Waals surface area contributed by atoms with Crippen molar-refractivity contribution in [1.82, 2.24) is 4.90 Å². The zero-order valence-corrected chi connectivity index (χ0v) is 32.9. The van der Waals surface area contributed by atoms with Crippen molar-refractivity contribution < 1.29 is 38.1 Å². The van der Waals surface area contributed by atoms with Gasteiger partial charge in [0.15, 0.2) is 0 Å². The molecule has 1 fully saturated rings. The second kappa shape index (κ2) is 30.2. The first-order chi connectivity index (χ1) is 25.1. The molecule has 0 aromatic rings. The molecule has 0 N–H and O–H groups in total. The summed E-state index contributed by atoms with van der Waals surface area (Å²) in [4.78, 5) is 40.1. The SMILES string of the molecule is C=C/C=C\C=C(/C)COCCCCCCCC(=O)OCC(COC(=O)CCCCCCCOC/C(C)=C/C=C\C=C)COC(=O)C1(C)CCN(C)C1. The lowest BCUT2D eigenvalue weighted by Crippen LogP contribution is -2.35. The molecule has 1 aliphatic heterocycles. The molecule has 1 aliphatic rings. The van der Waals surface area contributed by atoms with Crippen molar-refractivity contribution in [2.75, 3.05) is 66.4 Å². The number of nitrogens with zero attached hydrogens (tertiary/aromatic N) is 1. The van der Waals surface area contributed by atoms with Crippen LogP contribution in [0.15, 0.2) is 72.9 Å². The van der Waals surface area contributed by atoms with Gasteiger partial charge in [-0.25, -0.2) is 0 Å². The minimum Gasteiger partial charge on any atom is -0.465 e. The van der Waals surface area contributed by atoms with Crippen LogP contribution in [0.2, 0.25) is 0 Å². The third-order valence-corrected chi connectivity index (χ3v) is 8.82. The standard InChI is InChI=1S/C43H69NO8/c1-7-9-17-23-37(3)31-48-29-21-15-11-13-19-25-40(45)50-33-39(35-52-42(47)43(5)27-28-44(6)36-43)34-51-41(46)26-20-14-12-16-22-30-49-32-38(4)24-18-10-8-2/h7-10,17-18,23-24,39H,1-2,11-16,19-22,25-36H2,3-6H3/b17-9-,18-10-,37-23+,38-24+. The first-order valence-electron chi connectivity index (χ1n) is 19.3.